The fourth-order valence-electron chi connectivity index (χ4n) is 7.19. The fraction of sp³-hybridized carbons (Fsp3) is 0.0217. The minimum Gasteiger partial charge on any atom is -0.359 e. The number of hydrogen-bond donors (Lipinski definition) is 1. The SMILES string of the molecule is C1=C(c2ccccc2)N=C(c2cccc(-c3ccccc3-c3ccc4c5ccccc5c5ccccc5c4c3)c2)NC1c1ccccc1. The van der Waals surface area contributed by atoms with Gasteiger partial charge in [0.1, 0.15) is 5.84 Å². The van der Waals surface area contributed by atoms with Gasteiger partial charge < -0.3 is 5.32 Å². The van der Waals surface area contributed by atoms with E-state index in [1.54, 1.807) is 0 Å². The van der Waals surface area contributed by atoms with E-state index in [0.29, 0.717) is 0 Å². The molecule has 1 aliphatic rings. The van der Waals surface area contributed by atoms with Crippen LogP contribution in [0.2, 0.25) is 0 Å². The number of nitrogens with zero attached hydrogens (tertiary/aromatic N) is 1. The zero-order valence-corrected chi connectivity index (χ0v) is 26.3. The average molecular weight is 613 g/mol. The van der Waals surface area contributed by atoms with E-state index < -0.39 is 0 Å². The second kappa shape index (κ2) is 11.8. The van der Waals surface area contributed by atoms with E-state index >= 15 is 0 Å². The van der Waals surface area contributed by atoms with Crippen molar-refractivity contribution in [2.45, 2.75) is 6.04 Å². The van der Waals surface area contributed by atoms with Gasteiger partial charge in [-0.3, -0.25) is 0 Å². The molecule has 1 N–H and O–H groups in total. The lowest BCUT2D eigenvalue weighted by Gasteiger charge is -2.25. The number of aliphatic imine (C=N–C) groups is 1. The number of rotatable bonds is 5. The van der Waals surface area contributed by atoms with Crippen molar-refractivity contribution in [1.82, 2.24) is 5.32 Å². The van der Waals surface area contributed by atoms with Gasteiger partial charge in [0.2, 0.25) is 0 Å². The van der Waals surface area contributed by atoms with E-state index in [1.807, 2.05) is 6.07 Å². The third kappa shape index (κ3) is 4.96. The van der Waals surface area contributed by atoms with Crippen molar-refractivity contribution in [3.8, 4) is 22.3 Å². The summed E-state index contributed by atoms with van der Waals surface area (Å²) in [4.78, 5) is 5.17. The first kappa shape index (κ1) is 28.0. The van der Waals surface area contributed by atoms with Crippen LogP contribution in [-0.4, -0.2) is 5.84 Å². The highest BCUT2D eigenvalue weighted by molar-refractivity contribution is 6.25. The van der Waals surface area contributed by atoms with Gasteiger partial charge in [-0.25, -0.2) is 4.99 Å². The molecule has 8 aromatic rings. The lowest BCUT2D eigenvalue weighted by molar-refractivity contribution is 0.781. The third-order valence-corrected chi connectivity index (χ3v) is 9.51. The number of amidine groups is 1. The van der Waals surface area contributed by atoms with E-state index in [0.717, 1.165) is 28.2 Å². The van der Waals surface area contributed by atoms with Gasteiger partial charge in [-0.05, 0) is 83.9 Å². The summed E-state index contributed by atoms with van der Waals surface area (Å²) >= 11 is 0. The van der Waals surface area contributed by atoms with Gasteiger partial charge in [0.25, 0.3) is 0 Å². The molecular weight excluding hydrogens is 581 g/mol. The molecule has 0 saturated heterocycles. The van der Waals surface area contributed by atoms with Crippen LogP contribution in [0.4, 0.5) is 0 Å². The maximum atomic E-state index is 5.17. The highest BCUT2D eigenvalue weighted by atomic mass is 15.0. The van der Waals surface area contributed by atoms with Gasteiger partial charge >= 0.3 is 0 Å². The molecule has 226 valence electrons. The Labute approximate surface area is 280 Å². The van der Waals surface area contributed by atoms with E-state index in [1.165, 1.54) is 54.6 Å². The zero-order chi connectivity index (χ0) is 31.9. The predicted octanol–water partition coefficient (Wildman–Crippen LogP) is 11.6. The molecule has 0 aliphatic carbocycles. The Morgan fingerprint density at radius 2 is 0.875 bits per heavy atom. The van der Waals surface area contributed by atoms with Gasteiger partial charge in [0.05, 0.1) is 11.7 Å². The first-order chi connectivity index (χ1) is 23.8. The minimum absolute atomic E-state index is 0.00773. The minimum atomic E-state index is 0.00773. The van der Waals surface area contributed by atoms with Crippen LogP contribution in [0.3, 0.4) is 0 Å². The normalized spacial score (nSPS) is 14.5. The summed E-state index contributed by atoms with van der Waals surface area (Å²) < 4.78 is 0. The Morgan fingerprint density at radius 3 is 1.54 bits per heavy atom. The smallest absolute Gasteiger partial charge is 0.134 e. The van der Waals surface area contributed by atoms with Crippen molar-refractivity contribution >= 4 is 43.9 Å². The molecule has 0 spiro atoms. The number of nitrogens with one attached hydrogen (secondary N) is 1. The molecule has 2 heteroatoms. The maximum absolute atomic E-state index is 5.17. The summed E-state index contributed by atoms with van der Waals surface area (Å²) in [6, 6.07) is 63.0. The van der Waals surface area contributed by atoms with Crippen LogP contribution in [0.15, 0.2) is 187 Å². The highest BCUT2D eigenvalue weighted by Crippen LogP contribution is 2.39. The Hall–Kier alpha value is -6.25. The van der Waals surface area contributed by atoms with E-state index in [-0.39, 0.29) is 6.04 Å². The standard InChI is InChI=1S/C46H32N2/c1-3-14-31(15-4-1)44-30-45(32-16-5-2-6-17-32)48-46(47-44)35-19-13-18-33(28-35)36-20-7-8-21-37(36)34-26-27-42-40-24-10-9-22-38(40)39-23-11-12-25-41(39)43(42)29-34/h1-30,44H,(H,47,48). The summed E-state index contributed by atoms with van der Waals surface area (Å²) in [5.41, 5.74) is 9.10. The van der Waals surface area contributed by atoms with Crippen molar-refractivity contribution in [3.63, 3.8) is 0 Å². The second-order valence-corrected chi connectivity index (χ2v) is 12.4. The van der Waals surface area contributed by atoms with Gasteiger partial charge in [0.15, 0.2) is 0 Å². The number of benzene rings is 8. The second-order valence-electron chi connectivity index (χ2n) is 12.4. The van der Waals surface area contributed by atoms with Crippen molar-refractivity contribution in [1.29, 1.82) is 0 Å². The summed E-state index contributed by atoms with van der Waals surface area (Å²) in [6.07, 6.45) is 2.22. The largest absolute Gasteiger partial charge is 0.359 e. The molecule has 1 aliphatic heterocycles. The summed E-state index contributed by atoms with van der Waals surface area (Å²) in [5, 5.41) is 11.4. The fourth-order valence-corrected chi connectivity index (χ4v) is 7.19. The van der Waals surface area contributed by atoms with Crippen LogP contribution in [0.1, 0.15) is 22.7 Å². The number of hydrogen-bond acceptors (Lipinski definition) is 2. The van der Waals surface area contributed by atoms with Crippen LogP contribution in [0.25, 0.3) is 60.3 Å². The molecule has 1 atom stereocenters. The molecule has 0 fully saturated rings. The van der Waals surface area contributed by atoms with Crippen LogP contribution in [0.5, 0.6) is 0 Å². The maximum Gasteiger partial charge on any atom is 0.134 e. The molecular formula is C46H32N2. The van der Waals surface area contributed by atoms with Gasteiger partial charge in [-0.15, -0.1) is 0 Å². The van der Waals surface area contributed by atoms with E-state index in [2.05, 4.69) is 181 Å². The lowest BCUT2D eigenvalue weighted by atomic mass is 9.89. The predicted molar refractivity (Wildman–Crippen MR) is 203 cm³/mol. The Bertz CT molecular complexity index is 2490. The zero-order valence-electron chi connectivity index (χ0n) is 26.3. The monoisotopic (exact) mass is 612 g/mol. The Balaban J connectivity index is 1.15. The first-order valence-electron chi connectivity index (χ1n) is 16.5. The molecule has 0 bridgehead atoms. The summed E-state index contributed by atoms with van der Waals surface area (Å²) in [6.45, 7) is 0. The molecule has 0 radical (unpaired) electrons. The lowest BCUT2D eigenvalue weighted by Crippen LogP contribution is -2.31. The summed E-state index contributed by atoms with van der Waals surface area (Å²) in [7, 11) is 0. The topological polar surface area (TPSA) is 24.4 Å². The Kier molecular flexibility index (Phi) is 6.91. The van der Waals surface area contributed by atoms with Crippen LogP contribution in [0, 0.1) is 0 Å². The third-order valence-electron chi connectivity index (χ3n) is 9.51. The van der Waals surface area contributed by atoms with Gasteiger partial charge in [-0.1, -0.05) is 164 Å². The molecule has 0 amide bonds. The molecule has 1 heterocycles. The molecule has 48 heavy (non-hydrogen) atoms. The number of fused-ring (bicyclic) bond motifs is 6. The van der Waals surface area contributed by atoms with Crippen molar-refractivity contribution < 1.29 is 0 Å². The Morgan fingerprint density at radius 1 is 0.375 bits per heavy atom. The van der Waals surface area contributed by atoms with Crippen LogP contribution in [-0.2, 0) is 0 Å². The molecule has 8 aromatic carbocycles. The van der Waals surface area contributed by atoms with Gasteiger partial charge in [-0.2, -0.15) is 0 Å². The van der Waals surface area contributed by atoms with E-state index in [9.17, 15) is 0 Å². The molecule has 9 rings (SSSR count). The molecule has 1 unspecified atom stereocenters. The molecule has 2 nitrogen and oxygen atoms in total. The highest BCUT2D eigenvalue weighted by Gasteiger charge is 2.20. The van der Waals surface area contributed by atoms with E-state index in [4.69, 9.17) is 4.99 Å². The average Bonchev–Trinajstić information content (AvgIpc) is 3.18. The molecule has 0 saturated carbocycles. The van der Waals surface area contributed by atoms with Gasteiger partial charge in [0, 0.05) is 5.56 Å². The van der Waals surface area contributed by atoms with Crippen molar-refractivity contribution in [3.05, 3.63) is 199 Å². The molecule has 0 aromatic heterocycles. The van der Waals surface area contributed by atoms with Crippen LogP contribution >= 0.6 is 0 Å². The quantitative estimate of drug-likeness (QED) is 0.192. The first-order valence-corrected chi connectivity index (χ1v) is 16.5. The van der Waals surface area contributed by atoms with Crippen LogP contribution < -0.4 is 5.32 Å². The van der Waals surface area contributed by atoms with Crippen molar-refractivity contribution in [2.75, 3.05) is 0 Å². The van der Waals surface area contributed by atoms with Crippen molar-refractivity contribution in [2.24, 2.45) is 4.99 Å². The summed E-state index contributed by atoms with van der Waals surface area (Å²) in [5.74, 6) is 0.869.